The lowest BCUT2D eigenvalue weighted by Crippen LogP contribution is -2.52. The first-order valence-corrected chi connectivity index (χ1v) is 7.97. The second-order valence-electron chi connectivity index (χ2n) is 5.85. The van der Waals surface area contributed by atoms with Crippen LogP contribution in [0.2, 0.25) is 0 Å². The molecule has 2 rings (SSSR count). The van der Waals surface area contributed by atoms with Gasteiger partial charge in [-0.3, -0.25) is 0 Å². The van der Waals surface area contributed by atoms with E-state index in [1.165, 1.54) is 0 Å². The van der Waals surface area contributed by atoms with Gasteiger partial charge < -0.3 is 20.5 Å². The highest BCUT2D eigenvalue weighted by molar-refractivity contribution is 5.74. The van der Waals surface area contributed by atoms with Crippen LogP contribution in [0, 0.1) is 0 Å². The molecule has 1 aromatic carbocycles. The second-order valence-corrected chi connectivity index (χ2v) is 5.85. The highest BCUT2D eigenvalue weighted by Gasteiger charge is 2.26. The van der Waals surface area contributed by atoms with Crippen LogP contribution in [0.1, 0.15) is 31.2 Å². The van der Waals surface area contributed by atoms with Crippen molar-refractivity contribution in [2.75, 3.05) is 13.7 Å². The van der Waals surface area contributed by atoms with Crippen molar-refractivity contribution in [2.45, 2.75) is 50.3 Å². The zero-order valence-electron chi connectivity index (χ0n) is 13.1. The zero-order valence-corrected chi connectivity index (χ0v) is 13.1. The predicted octanol–water partition coefficient (Wildman–Crippen LogP) is 1.85. The van der Waals surface area contributed by atoms with E-state index in [0.717, 1.165) is 31.2 Å². The molecule has 0 bridgehead atoms. The number of benzene rings is 1. The monoisotopic (exact) mass is 306 g/mol. The molecule has 1 aromatic rings. The van der Waals surface area contributed by atoms with Crippen molar-refractivity contribution in [1.82, 2.24) is 10.6 Å². The third kappa shape index (κ3) is 5.00. The Kier molecular flexibility index (Phi) is 6.68. The molecule has 1 aliphatic carbocycles. The Bertz CT molecular complexity index is 452. The van der Waals surface area contributed by atoms with Gasteiger partial charge in [0.25, 0.3) is 0 Å². The van der Waals surface area contributed by atoms with E-state index in [9.17, 15) is 9.90 Å². The molecule has 5 nitrogen and oxygen atoms in total. The molecule has 1 aliphatic rings. The molecule has 22 heavy (non-hydrogen) atoms. The first-order valence-electron chi connectivity index (χ1n) is 7.97. The number of carbonyl (C=O) groups is 1. The highest BCUT2D eigenvalue weighted by Crippen LogP contribution is 2.20. The van der Waals surface area contributed by atoms with Crippen LogP contribution in [0.4, 0.5) is 4.79 Å². The van der Waals surface area contributed by atoms with E-state index < -0.39 is 0 Å². The third-order valence-electron chi connectivity index (χ3n) is 4.20. The van der Waals surface area contributed by atoms with Crippen molar-refractivity contribution in [1.29, 1.82) is 0 Å². The number of ether oxygens (including phenoxy) is 1. The van der Waals surface area contributed by atoms with Gasteiger partial charge in [-0.25, -0.2) is 4.79 Å². The summed E-state index contributed by atoms with van der Waals surface area (Å²) in [6.45, 7) is -0.0827. The molecule has 5 heteroatoms. The van der Waals surface area contributed by atoms with Gasteiger partial charge in [0.2, 0.25) is 0 Å². The lowest BCUT2D eigenvalue weighted by molar-refractivity contribution is 0.0449. The molecular formula is C17H26N2O3. The summed E-state index contributed by atoms with van der Waals surface area (Å²) in [6, 6.07) is 9.37. The number of hydrogen-bond donors (Lipinski definition) is 3. The van der Waals surface area contributed by atoms with Crippen molar-refractivity contribution < 1.29 is 14.6 Å². The standard InChI is InChI=1S/C17H26N2O3/c1-22-16-10-6-5-9-15(16)19-17(21)18-14(12-20)11-13-7-3-2-4-8-13/h2-4,7-8,14-16,20H,5-6,9-12H2,1H3,(H2,18,19,21)/t14-,15-,16-/m0/s1. The Balaban J connectivity index is 1.83. The van der Waals surface area contributed by atoms with Crippen LogP contribution in [0.5, 0.6) is 0 Å². The molecule has 0 radical (unpaired) electrons. The molecule has 0 aromatic heterocycles. The molecule has 1 saturated carbocycles. The van der Waals surface area contributed by atoms with Gasteiger partial charge in [0.1, 0.15) is 0 Å². The summed E-state index contributed by atoms with van der Waals surface area (Å²) >= 11 is 0. The molecule has 3 atom stereocenters. The number of urea groups is 1. The molecule has 0 aliphatic heterocycles. The Hall–Kier alpha value is -1.59. The summed E-state index contributed by atoms with van der Waals surface area (Å²) in [6.07, 6.45) is 4.87. The van der Waals surface area contributed by atoms with Gasteiger partial charge in [-0.1, -0.05) is 43.2 Å². The number of rotatable bonds is 6. The molecule has 1 fully saturated rings. The first-order chi connectivity index (χ1) is 10.7. The molecule has 0 saturated heterocycles. The minimum atomic E-state index is -0.285. The predicted molar refractivity (Wildman–Crippen MR) is 85.7 cm³/mol. The van der Waals surface area contributed by atoms with Gasteiger partial charge in [-0.05, 0) is 24.8 Å². The highest BCUT2D eigenvalue weighted by atomic mass is 16.5. The maximum absolute atomic E-state index is 12.1. The normalized spacial score (nSPS) is 22.8. The van der Waals surface area contributed by atoms with E-state index in [-0.39, 0.29) is 30.8 Å². The Morgan fingerprint density at radius 2 is 2.05 bits per heavy atom. The smallest absolute Gasteiger partial charge is 0.315 e. The number of aliphatic hydroxyl groups excluding tert-OH is 1. The SMILES string of the molecule is CO[C@H]1CCCC[C@@H]1NC(=O)N[C@H](CO)Cc1ccccc1. The van der Waals surface area contributed by atoms with Crippen LogP contribution in [0.3, 0.4) is 0 Å². The molecule has 2 amide bonds. The number of methoxy groups -OCH3 is 1. The van der Waals surface area contributed by atoms with E-state index in [0.29, 0.717) is 6.42 Å². The number of hydrogen-bond acceptors (Lipinski definition) is 3. The van der Waals surface area contributed by atoms with Gasteiger partial charge >= 0.3 is 6.03 Å². The van der Waals surface area contributed by atoms with E-state index in [1.807, 2.05) is 30.3 Å². The van der Waals surface area contributed by atoms with Crippen LogP contribution in [0.25, 0.3) is 0 Å². The third-order valence-corrected chi connectivity index (χ3v) is 4.20. The Labute approximate surface area is 132 Å². The lowest BCUT2D eigenvalue weighted by atomic mass is 9.92. The largest absolute Gasteiger partial charge is 0.394 e. The fraction of sp³-hybridized carbons (Fsp3) is 0.588. The van der Waals surface area contributed by atoms with Crippen molar-refractivity contribution in [3.8, 4) is 0 Å². The minimum Gasteiger partial charge on any atom is -0.394 e. The van der Waals surface area contributed by atoms with E-state index in [1.54, 1.807) is 7.11 Å². The van der Waals surface area contributed by atoms with Crippen LogP contribution >= 0.6 is 0 Å². The zero-order chi connectivity index (χ0) is 15.8. The van der Waals surface area contributed by atoms with Gasteiger partial charge in [-0.15, -0.1) is 0 Å². The molecule has 0 spiro atoms. The number of carbonyl (C=O) groups excluding carboxylic acids is 1. The molecular weight excluding hydrogens is 280 g/mol. The number of amides is 2. The summed E-state index contributed by atoms with van der Waals surface area (Å²) < 4.78 is 5.44. The summed E-state index contributed by atoms with van der Waals surface area (Å²) in [4.78, 5) is 12.1. The second kappa shape index (κ2) is 8.76. The van der Waals surface area contributed by atoms with E-state index >= 15 is 0 Å². The molecule has 0 unspecified atom stereocenters. The van der Waals surface area contributed by atoms with Gasteiger partial charge in [0, 0.05) is 7.11 Å². The van der Waals surface area contributed by atoms with E-state index in [4.69, 9.17) is 4.74 Å². The Morgan fingerprint density at radius 1 is 1.32 bits per heavy atom. The summed E-state index contributed by atoms with van der Waals surface area (Å²) in [5.74, 6) is 0. The van der Waals surface area contributed by atoms with Gasteiger partial charge in [0.15, 0.2) is 0 Å². The van der Waals surface area contributed by atoms with Gasteiger partial charge in [0.05, 0.1) is 24.8 Å². The van der Waals surface area contributed by atoms with Crippen LogP contribution in [-0.4, -0.2) is 43.0 Å². The van der Waals surface area contributed by atoms with Crippen LogP contribution in [0.15, 0.2) is 30.3 Å². The first kappa shape index (κ1) is 16.8. The van der Waals surface area contributed by atoms with Crippen molar-refractivity contribution in [3.05, 3.63) is 35.9 Å². The summed E-state index contributed by atoms with van der Waals surface area (Å²) in [7, 11) is 1.69. The average Bonchev–Trinajstić information content (AvgIpc) is 2.55. The number of nitrogens with one attached hydrogen (secondary N) is 2. The lowest BCUT2D eigenvalue weighted by Gasteiger charge is -2.31. The van der Waals surface area contributed by atoms with Crippen molar-refractivity contribution in [3.63, 3.8) is 0 Å². The fourth-order valence-electron chi connectivity index (χ4n) is 3.00. The summed E-state index contributed by atoms with van der Waals surface area (Å²) in [5.41, 5.74) is 1.09. The maximum Gasteiger partial charge on any atom is 0.315 e. The van der Waals surface area contributed by atoms with Crippen LogP contribution in [-0.2, 0) is 11.2 Å². The summed E-state index contributed by atoms with van der Waals surface area (Å²) in [5, 5.41) is 15.3. The molecule has 122 valence electrons. The Morgan fingerprint density at radius 3 is 2.73 bits per heavy atom. The fourth-order valence-corrected chi connectivity index (χ4v) is 3.00. The van der Waals surface area contributed by atoms with Gasteiger partial charge in [-0.2, -0.15) is 0 Å². The molecule has 0 heterocycles. The maximum atomic E-state index is 12.1. The topological polar surface area (TPSA) is 70.6 Å². The molecule has 3 N–H and O–H groups in total. The van der Waals surface area contributed by atoms with Crippen molar-refractivity contribution in [2.24, 2.45) is 0 Å². The minimum absolute atomic E-state index is 0.0508. The van der Waals surface area contributed by atoms with E-state index in [2.05, 4.69) is 10.6 Å². The van der Waals surface area contributed by atoms with Crippen LogP contribution < -0.4 is 10.6 Å². The number of aliphatic hydroxyl groups is 1. The average molecular weight is 306 g/mol. The van der Waals surface area contributed by atoms with Crippen molar-refractivity contribution >= 4 is 6.03 Å². The quantitative estimate of drug-likeness (QED) is 0.751.